The van der Waals surface area contributed by atoms with Crippen LogP contribution in [0.1, 0.15) is 12.0 Å². The highest BCUT2D eigenvalue weighted by Crippen LogP contribution is 2.14. The van der Waals surface area contributed by atoms with Crippen LogP contribution in [-0.4, -0.2) is 46.4 Å². The number of amides is 3. The largest absolute Gasteiger partial charge is 0.322 e. The van der Waals surface area contributed by atoms with Gasteiger partial charge in [-0.25, -0.2) is 9.78 Å². The zero-order valence-corrected chi connectivity index (χ0v) is 13.5. The number of nitrogens with one attached hydrogen (secondary N) is 1. The molecule has 0 unspecified atom stereocenters. The number of nitrogens with zero attached hydrogens (tertiary/aromatic N) is 3. The second-order valence-corrected chi connectivity index (χ2v) is 6.21. The lowest BCUT2D eigenvalue weighted by Crippen LogP contribution is -2.33. The zero-order chi connectivity index (χ0) is 16.1. The molecule has 1 aromatic heterocycles. The van der Waals surface area contributed by atoms with Crippen molar-refractivity contribution in [1.29, 1.82) is 0 Å². The number of hydrogen-bond donors (Lipinski definition) is 1. The number of urea groups is 1. The Bertz CT molecular complexity index is 660. The van der Waals surface area contributed by atoms with E-state index in [1.54, 1.807) is 16.5 Å². The Balaban J connectivity index is 1.46. The number of rotatable bonds is 6. The van der Waals surface area contributed by atoms with Crippen LogP contribution in [0.2, 0.25) is 0 Å². The van der Waals surface area contributed by atoms with Crippen molar-refractivity contribution in [3.8, 4) is 0 Å². The first-order valence-electron chi connectivity index (χ1n) is 7.49. The predicted octanol–water partition coefficient (Wildman–Crippen LogP) is 2.41. The molecule has 0 aliphatic carbocycles. The van der Waals surface area contributed by atoms with E-state index in [-0.39, 0.29) is 18.4 Å². The van der Waals surface area contributed by atoms with E-state index in [1.165, 1.54) is 11.3 Å². The van der Waals surface area contributed by atoms with E-state index < -0.39 is 0 Å². The second kappa shape index (κ2) is 7.23. The number of benzene rings is 1. The fourth-order valence-corrected chi connectivity index (χ4v) is 3.04. The molecule has 0 radical (unpaired) electrons. The Kier molecular flexibility index (Phi) is 4.87. The molecule has 6 nitrogen and oxygen atoms in total. The molecule has 0 spiro atoms. The second-order valence-electron chi connectivity index (χ2n) is 5.31. The molecule has 3 rings (SSSR count). The van der Waals surface area contributed by atoms with Gasteiger partial charge < -0.3 is 15.1 Å². The Morgan fingerprint density at radius 2 is 2.00 bits per heavy atom. The van der Waals surface area contributed by atoms with Crippen LogP contribution in [0.4, 0.5) is 9.93 Å². The van der Waals surface area contributed by atoms with E-state index in [9.17, 15) is 9.59 Å². The maximum atomic E-state index is 12.3. The highest BCUT2D eigenvalue weighted by Gasteiger charge is 2.28. The number of thiazole rings is 1. The van der Waals surface area contributed by atoms with Crippen molar-refractivity contribution in [1.82, 2.24) is 14.8 Å². The van der Waals surface area contributed by atoms with E-state index in [2.05, 4.69) is 10.3 Å². The van der Waals surface area contributed by atoms with Crippen LogP contribution in [0, 0.1) is 0 Å². The molecule has 1 saturated heterocycles. The van der Waals surface area contributed by atoms with Crippen LogP contribution in [0.25, 0.3) is 0 Å². The summed E-state index contributed by atoms with van der Waals surface area (Å²) in [4.78, 5) is 31.7. The average molecular weight is 330 g/mol. The lowest BCUT2D eigenvalue weighted by Gasteiger charge is -2.18. The molecule has 1 fully saturated rings. The Labute approximate surface area is 138 Å². The van der Waals surface area contributed by atoms with Gasteiger partial charge in [0.2, 0.25) is 5.91 Å². The van der Waals surface area contributed by atoms with Gasteiger partial charge >= 0.3 is 6.03 Å². The van der Waals surface area contributed by atoms with Crippen LogP contribution in [0.5, 0.6) is 0 Å². The summed E-state index contributed by atoms with van der Waals surface area (Å²) in [5, 5.41) is 5.13. The third kappa shape index (κ3) is 4.07. The molecule has 120 valence electrons. The SMILES string of the molecule is O=C(CCN1CCN(Cc2ccccc2)C1=O)Nc1nccs1. The molecular weight excluding hydrogens is 312 g/mol. The van der Waals surface area contributed by atoms with Crippen molar-refractivity contribution in [3.63, 3.8) is 0 Å². The minimum atomic E-state index is -0.116. The molecular formula is C16H18N4O2S. The average Bonchev–Trinajstić information content (AvgIpc) is 3.18. The number of aromatic nitrogens is 1. The molecule has 2 aromatic rings. The molecule has 1 aliphatic rings. The van der Waals surface area contributed by atoms with Gasteiger partial charge in [-0.2, -0.15) is 0 Å². The highest BCUT2D eigenvalue weighted by molar-refractivity contribution is 7.13. The monoisotopic (exact) mass is 330 g/mol. The summed E-state index contributed by atoms with van der Waals surface area (Å²) in [6, 6.07) is 9.92. The van der Waals surface area contributed by atoms with Crippen LogP contribution in [-0.2, 0) is 11.3 Å². The number of carbonyl (C=O) groups excluding carboxylic acids is 2. The molecule has 0 bridgehead atoms. The maximum Gasteiger partial charge on any atom is 0.320 e. The molecule has 1 aliphatic heterocycles. The standard InChI is InChI=1S/C16H18N4O2S/c21-14(18-15-17-7-11-23-15)6-8-19-9-10-20(16(19)22)12-13-4-2-1-3-5-13/h1-5,7,11H,6,8-10,12H2,(H,17,18,21). The predicted molar refractivity (Wildman–Crippen MR) is 89.2 cm³/mol. The van der Waals surface area contributed by atoms with E-state index in [1.807, 2.05) is 35.2 Å². The van der Waals surface area contributed by atoms with Crippen molar-refractivity contribution >= 4 is 28.4 Å². The third-order valence-electron chi connectivity index (χ3n) is 3.68. The summed E-state index contributed by atoms with van der Waals surface area (Å²) < 4.78 is 0. The van der Waals surface area contributed by atoms with E-state index in [0.29, 0.717) is 31.3 Å². The molecule has 2 heterocycles. The smallest absolute Gasteiger partial charge is 0.320 e. The van der Waals surface area contributed by atoms with Gasteiger partial charge in [-0.05, 0) is 5.56 Å². The van der Waals surface area contributed by atoms with Gasteiger partial charge in [0.15, 0.2) is 5.13 Å². The molecule has 1 N–H and O–H groups in total. The minimum Gasteiger partial charge on any atom is -0.322 e. The Morgan fingerprint density at radius 3 is 2.74 bits per heavy atom. The quantitative estimate of drug-likeness (QED) is 0.884. The van der Waals surface area contributed by atoms with Crippen LogP contribution in [0.3, 0.4) is 0 Å². The fourth-order valence-electron chi connectivity index (χ4n) is 2.49. The number of carbonyl (C=O) groups is 2. The summed E-state index contributed by atoms with van der Waals surface area (Å²) >= 11 is 1.38. The molecule has 23 heavy (non-hydrogen) atoms. The normalized spacial score (nSPS) is 14.3. The van der Waals surface area contributed by atoms with E-state index in [0.717, 1.165) is 5.56 Å². The fraction of sp³-hybridized carbons (Fsp3) is 0.312. The van der Waals surface area contributed by atoms with E-state index >= 15 is 0 Å². The number of anilines is 1. The molecule has 1 aromatic carbocycles. The van der Waals surface area contributed by atoms with Gasteiger partial charge in [-0.1, -0.05) is 30.3 Å². The van der Waals surface area contributed by atoms with Crippen LogP contribution < -0.4 is 5.32 Å². The zero-order valence-electron chi connectivity index (χ0n) is 12.6. The highest BCUT2D eigenvalue weighted by atomic mass is 32.1. The van der Waals surface area contributed by atoms with Gasteiger partial charge in [0.1, 0.15) is 0 Å². The van der Waals surface area contributed by atoms with Crippen LogP contribution >= 0.6 is 11.3 Å². The lowest BCUT2D eigenvalue weighted by molar-refractivity contribution is -0.116. The first-order chi connectivity index (χ1) is 11.2. The maximum absolute atomic E-state index is 12.3. The van der Waals surface area contributed by atoms with Crippen molar-refractivity contribution in [3.05, 3.63) is 47.5 Å². The molecule has 0 atom stereocenters. The third-order valence-corrected chi connectivity index (χ3v) is 4.37. The van der Waals surface area contributed by atoms with Crippen molar-refractivity contribution in [2.75, 3.05) is 25.0 Å². The summed E-state index contributed by atoms with van der Waals surface area (Å²) in [7, 11) is 0. The van der Waals surface area contributed by atoms with Gasteiger partial charge in [-0.15, -0.1) is 11.3 Å². The van der Waals surface area contributed by atoms with Gasteiger partial charge in [-0.3, -0.25) is 4.79 Å². The van der Waals surface area contributed by atoms with Crippen LogP contribution in [0.15, 0.2) is 41.9 Å². The summed E-state index contributed by atoms with van der Waals surface area (Å²) in [5.74, 6) is -0.116. The summed E-state index contributed by atoms with van der Waals surface area (Å²) in [6.45, 7) is 2.40. The van der Waals surface area contributed by atoms with E-state index in [4.69, 9.17) is 0 Å². The first kappa shape index (κ1) is 15.5. The van der Waals surface area contributed by atoms with Crippen molar-refractivity contribution in [2.45, 2.75) is 13.0 Å². The van der Waals surface area contributed by atoms with Gasteiger partial charge in [0.05, 0.1) is 0 Å². The molecule has 0 saturated carbocycles. The molecule has 3 amide bonds. The topological polar surface area (TPSA) is 65.5 Å². The summed E-state index contributed by atoms with van der Waals surface area (Å²) in [5.41, 5.74) is 1.12. The minimum absolute atomic E-state index is 0.00379. The Hall–Kier alpha value is -2.41. The number of hydrogen-bond acceptors (Lipinski definition) is 4. The lowest BCUT2D eigenvalue weighted by atomic mass is 10.2. The molecule has 7 heteroatoms. The van der Waals surface area contributed by atoms with Gasteiger partial charge in [0.25, 0.3) is 0 Å². The van der Waals surface area contributed by atoms with Crippen molar-refractivity contribution < 1.29 is 9.59 Å². The van der Waals surface area contributed by atoms with Crippen molar-refractivity contribution in [2.24, 2.45) is 0 Å². The Morgan fingerprint density at radius 1 is 1.22 bits per heavy atom. The first-order valence-corrected chi connectivity index (χ1v) is 8.37. The summed E-state index contributed by atoms with van der Waals surface area (Å²) in [6.07, 6.45) is 1.93. The van der Waals surface area contributed by atoms with Gasteiger partial charge in [0, 0.05) is 44.2 Å².